The van der Waals surface area contributed by atoms with Crippen LogP contribution in [0.5, 0.6) is 0 Å². The first-order valence-corrected chi connectivity index (χ1v) is 13.7. The van der Waals surface area contributed by atoms with Crippen molar-refractivity contribution in [1.82, 2.24) is 24.6 Å². The molecular formula is C27H30F3N5O2S. The van der Waals surface area contributed by atoms with E-state index in [1.807, 2.05) is 24.6 Å². The molecule has 2 aliphatic rings. The molecule has 0 saturated carbocycles. The van der Waals surface area contributed by atoms with Crippen LogP contribution >= 0.6 is 11.3 Å². The molecule has 2 amide bonds. The number of carbonyl (C=O) groups excluding carboxylic acids is 2. The maximum Gasteiger partial charge on any atom is 0.435 e. The molecule has 1 saturated heterocycles. The van der Waals surface area contributed by atoms with Crippen molar-refractivity contribution in [2.45, 2.75) is 63.7 Å². The summed E-state index contributed by atoms with van der Waals surface area (Å²) in [5.74, 6) is -0.214. The second-order valence-electron chi connectivity index (χ2n) is 10.1. The number of alkyl halides is 3. The molecule has 0 N–H and O–H groups in total. The number of amides is 2. The summed E-state index contributed by atoms with van der Waals surface area (Å²) in [5.41, 5.74) is 1.99. The molecule has 0 spiro atoms. The molecule has 7 nitrogen and oxygen atoms in total. The van der Waals surface area contributed by atoms with E-state index in [9.17, 15) is 22.8 Å². The topological polar surface area (TPSA) is 71.3 Å². The van der Waals surface area contributed by atoms with Gasteiger partial charge in [-0.2, -0.15) is 18.3 Å². The van der Waals surface area contributed by atoms with Crippen LogP contribution in [-0.2, 0) is 23.9 Å². The minimum Gasteiger partial charge on any atom is -0.341 e. The first-order chi connectivity index (χ1) is 18.1. The Labute approximate surface area is 223 Å². The number of piperidine rings is 1. The van der Waals surface area contributed by atoms with Crippen LogP contribution in [0.2, 0.25) is 0 Å². The number of hydrogen-bond donors (Lipinski definition) is 0. The molecule has 0 radical (unpaired) electrons. The second-order valence-corrected chi connectivity index (χ2v) is 11.0. The minimum atomic E-state index is -4.54. The molecule has 11 heteroatoms. The number of likely N-dealkylation sites (tertiary alicyclic amines) is 1. The van der Waals surface area contributed by atoms with Crippen LogP contribution in [0.1, 0.15) is 75.5 Å². The molecule has 3 aromatic rings. The fourth-order valence-electron chi connectivity index (χ4n) is 5.52. The lowest BCUT2D eigenvalue weighted by Gasteiger charge is -2.33. The van der Waals surface area contributed by atoms with Crippen LogP contribution in [0.25, 0.3) is 0 Å². The molecule has 1 aliphatic heterocycles. The van der Waals surface area contributed by atoms with Crippen molar-refractivity contribution in [3.8, 4) is 0 Å². The van der Waals surface area contributed by atoms with Gasteiger partial charge in [0.2, 0.25) is 5.91 Å². The molecular weight excluding hydrogens is 515 g/mol. The van der Waals surface area contributed by atoms with E-state index in [1.54, 1.807) is 9.80 Å². The van der Waals surface area contributed by atoms with E-state index >= 15 is 0 Å². The summed E-state index contributed by atoms with van der Waals surface area (Å²) >= 11 is 1.47. The summed E-state index contributed by atoms with van der Waals surface area (Å²) in [5, 5.41) is 6.26. The van der Waals surface area contributed by atoms with Gasteiger partial charge >= 0.3 is 6.18 Å². The van der Waals surface area contributed by atoms with Gasteiger partial charge in [-0.1, -0.05) is 24.3 Å². The average molecular weight is 546 g/mol. The molecule has 38 heavy (non-hydrogen) atoms. The van der Waals surface area contributed by atoms with E-state index < -0.39 is 11.9 Å². The number of hydrogen-bond acceptors (Lipinski definition) is 5. The Balaban J connectivity index is 1.18. The van der Waals surface area contributed by atoms with Gasteiger partial charge in [-0.3, -0.25) is 14.3 Å². The average Bonchev–Trinajstić information content (AvgIpc) is 3.54. The van der Waals surface area contributed by atoms with Gasteiger partial charge in [-0.05, 0) is 55.7 Å². The van der Waals surface area contributed by atoms with Crippen LogP contribution in [-0.4, -0.2) is 56.5 Å². The quantitative estimate of drug-likeness (QED) is 0.441. The summed E-state index contributed by atoms with van der Waals surface area (Å²) in [7, 11) is 1.84. The number of thiazole rings is 1. The predicted molar refractivity (Wildman–Crippen MR) is 137 cm³/mol. The number of halogens is 3. The lowest BCUT2D eigenvalue weighted by Crippen LogP contribution is -2.39. The van der Waals surface area contributed by atoms with Crippen LogP contribution in [0, 0.1) is 6.92 Å². The highest BCUT2D eigenvalue weighted by Gasteiger charge is 2.36. The first kappa shape index (κ1) is 26.4. The van der Waals surface area contributed by atoms with Crippen molar-refractivity contribution in [1.29, 1.82) is 0 Å². The highest BCUT2D eigenvalue weighted by molar-refractivity contribution is 7.09. The van der Waals surface area contributed by atoms with Crippen molar-refractivity contribution in [3.05, 3.63) is 68.9 Å². The van der Waals surface area contributed by atoms with Crippen LogP contribution in [0.3, 0.4) is 0 Å². The van der Waals surface area contributed by atoms with Crippen molar-refractivity contribution in [3.63, 3.8) is 0 Å². The van der Waals surface area contributed by atoms with Crippen molar-refractivity contribution in [2.24, 2.45) is 0 Å². The number of aromatic nitrogens is 3. The van der Waals surface area contributed by atoms with Gasteiger partial charge in [-0.15, -0.1) is 11.3 Å². The summed E-state index contributed by atoms with van der Waals surface area (Å²) in [6.45, 7) is 2.07. The van der Waals surface area contributed by atoms with Gasteiger partial charge in [0.25, 0.3) is 5.91 Å². The Kier molecular flexibility index (Phi) is 7.30. The molecule has 202 valence electrons. The third kappa shape index (κ3) is 5.34. The lowest BCUT2D eigenvalue weighted by atomic mass is 9.87. The van der Waals surface area contributed by atoms with Gasteiger partial charge < -0.3 is 9.80 Å². The summed E-state index contributed by atoms with van der Waals surface area (Å²) < 4.78 is 40.1. The van der Waals surface area contributed by atoms with Gasteiger partial charge in [0, 0.05) is 37.6 Å². The predicted octanol–water partition coefficient (Wildman–Crippen LogP) is 5.22. The monoisotopic (exact) mass is 545 g/mol. The fraction of sp³-hybridized carbons (Fsp3) is 0.481. The zero-order valence-electron chi connectivity index (χ0n) is 21.4. The Bertz CT molecular complexity index is 1330. The van der Waals surface area contributed by atoms with Crippen molar-refractivity contribution >= 4 is 23.2 Å². The number of carbonyl (C=O) groups is 2. The number of fused-ring (bicyclic) bond motifs is 1. The smallest absolute Gasteiger partial charge is 0.341 e. The van der Waals surface area contributed by atoms with E-state index in [0.717, 1.165) is 29.0 Å². The molecule has 1 aromatic carbocycles. The minimum absolute atomic E-state index is 0.00327. The number of benzene rings is 1. The molecule has 1 aliphatic carbocycles. The highest BCUT2D eigenvalue weighted by atomic mass is 32.1. The van der Waals surface area contributed by atoms with E-state index in [2.05, 4.69) is 22.2 Å². The third-order valence-electron chi connectivity index (χ3n) is 7.57. The van der Waals surface area contributed by atoms with Crippen LogP contribution in [0.15, 0.2) is 35.8 Å². The molecule has 5 rings (SSSR count). The third-order valence-corrected chi connectivity index (χ3v) is 8.58. The molecule has 1 atom stereocenters. The molecule has 1 fully saturated rings. The maximum atomic E-state index is 13.3. The maximum absolute atomic E-state index is 13.3. The number of nitrogens with zero attached hydrogens (tertiary/aromatic N) is 5. The normalized spacial score (nSPS) is 18.3. The SMILES string of the molecule is Cc1cn(CC(=O)N2CCC(c3nc(C(=O)N(C)[C@@H]4CCCc5ccccc54)cs3)CC2)nc1C(F)(F)F. The van der Waals surface area contributed by atoms with Crippen LogP contribution in [0.4, 0.5) is 13.2 Å². The van der Waals surface area contributed by atoms with E-state index in [1.165, 1.54) is 35.6 Å². The molecule has 0 unspecified atom stereocenters. The van der Waals surface area contributed by atoms with Gasteiger partial charge in [-0.25, -0.2) is 4.98 Å². The van der Waals surface area contributed by atoms with Gasteiger partial charge in [0.1, 0.15) is 12.2 Å². The molecule has 0 bridgehead atoms. The Hall–Kier alpha value is -3.21. The zero-order valence-corrected chi connectivity index (χ0v) is 22.2. The number of rotatable bonds is 5. The fourth-order valence-corrected chi connectivity index (χ4v) is 6.49. The summed E-state index contributed by atoms with van der Waals surface area (Å²) in [4.78, 5) is 34.1. The summed E-state index contributed by atoms with van der Waals surface area (Å²) in [6.07, 6.45) is 1.09. The lowest BCUT2D eigenvalue weighted by molar-refractivity contribution is -0.142. The second kappa shape index (κ2) is 10.5. The highest BCUT2D eigenvalue weighted by Crippen LogP contribution is 2.35. The van der Waals surface area contributed by atoms with Crippen molar-refractivity contribution < 1.29 is 22.8 Å². The largest absolute Gasteiger partial charge is 0.435 e. The van der Waals surface area contributed by atoms with E-state index in [4.69, 9.17) is 0 Å². The molecule has 2 aromatic heterocycles. The Morgan fingerprint density at radius 1 is 1.16 bits per heavy atom. The van der Waals surface area contributed by atoms with Crippen LogP contribution < -0.4 is 0 Å². The Morgan fingerprint density at radius 2 is 1.89 bits per heavy atom. The van der Waals surface area contributed by atoms with Gasteiger partial charge in [0.05, 0.1) is 11.0 Å². The van der Waals surface area contributed by atoms with E-state index in [-0.39, 0.29) is 35.9 Å². The van der Waals surface area contributed by atoms with Gasteiger partial charge in [0.15, 0.2) is 5.69 Å². The summed E-state index contributed by atoms with van der Waals surface area (Å²) in [6, 6.07) is 8.33. The Morgan fingerprint density at radius 3 is 2.61 bits per heavy atom. The van der Waals surface area contributed by atoms with Crippen molar-refractivity contribution in [2.75, 3.05) is 20.1 Å². The standard InChI is InChI=1S/C27H30F3N5O2S/c1-17-14-35(32-24(17)27(28,29)30)15-23(36)34-12-10-19(11-13-34)25-31-21(16-38-25)26(37)33(2)22-9-5-7-18-6-3-4-8-20(18)22/h3-4,6,8,14,16,19,22H,5,7,9-13,15H2,1-2H3/t22-/m1/s1. The van der Waals surface area contributed by atoms with E-state index in [0.29, 0.717) is 31.6 Å². The number of aryl methyl sites for hydroxylation is 2. The zero-order chi connectivity index (χ0) is 27.0. The first-order valence-electron chi connectivity index (χ1n) is 12.8. The molecule has 3 heterocycles.